The van der Waals surface area contributed by atoms with Crippen molar-refractivity contribution in [1.29, 1.82) is 0 Å². The summed E-state index contributed by atoms with van der Waals surface area (Å²) in [5.41, 5.74) is 1.97. The summed E-state index contributed by atoms with van der Waals surface area (Å²) in [6, 6.07) is 7.23. The second-order valence-corrected chi connectivity index (χ2v) is 6.10. The number of aromatic hydroxyl groups is 1. The first kappa shape index (κ1) is 12.2. The van der Waals surface area contributed by atoms with E-state index in [1.54, 1.807) is 18.2 Å². The Morgan fingerprint density at radius 1 is 1.21 bits per heavy atom. The molecule has 1 saturated carbocycles. The van der Waals surface area contributed by atoms with Crippen LogP contribution in [-0.4, -0.2) is 10.9 Å². The fourth-order valence-electron chi connectivity index (χ4n) is 3.32. The first-order valence-corrected chi connectivity index (χ1v) is 6.71. The Bertz CT molecular complexity index is 593. The van der Waals surface area contributed by atoms with E-state index in [0.29, 0.717) is 5.92 Å². The van der Waals surface area contributed by atoms with Crippen molar-refractivity contribution in [3.05, 3.63) is 47.6 Å². The van der Waals surface area contributed by atoms with Crippen LogP contribution >= 0.6 is 0 Å². The monoisotopic (exact) mass is 254 g/mol. The minimum absolute atomic E-state index is 0.0875. The van der Waals surface area contributed by atoms with Gasteiger partial charge in [-0.3, -0.25) is 4.79 Å². The van der Waals surface area contributed by atoms with Gasteiger partial charge in [-0.05, 0) is 35.5 Å². The van der Waals surface area contributed by atoms with Crippen LogP contribution in [0.3, 0.4) is 0 Å². The van der Waals surface area contributed by atoms with E-state index in [1.807, 2.05) is 24.3 Å². The molecule has 4 rings (SSSR count). The lowest BCUT2D eigenvalue weighted by molar-refractivity contribution is -0.133. The molecule has 1 fully saturated rings. The Kier molecular flexibility index (Phi) is 2.63. The van der Waals surface area contributed by atoms with Gasteiger partial charge in [-0.15, -0.1) is 0 Å². The number of phenols is 1. The molecule has 3 aliphatic carbocycles. The number of para-hydroxylation sites is 1. The van der Waals surface area contributed by atoms with Crippen LogP contribution in [0.2, 0.25) is 0 Å². The Labute approximate surface area is 113 Å². The topological polar surface area (TPSA) is 37.3 Å². The second-order valence-electron chi connectivity index (χ2n) is 6.10. The van der Waals surface area contributed by atoms with Crippen LogP contribution in [-0.2, 0) is 4.79 Å². The van der Waals surface area contributed by atoms with Gasteiger partial charge in [0, 0.05) is 11.5 Å². The summed E-state index contributed by atoms with van der Waals surface area (Å²) in [6.45, 7) is 4.34. The molecule has 0 spiro atoms. The summed E-state index contributed by atoms with van der Waals surface area (Å²) in [5, 5.41) is 9.73. The smallest absolute Gasteiger partial charge is 0.159 e. The molecule has 2 heteroatoms. The molecular formula is C17H18O2. The molecule has 1 aromatic rings. The maximum Gasteiger partial charge on any atom is 0.159 e. The highest BCUT2D eigenvalue weighted by Crippen LogP contribution is 2.58. The van der Waals surface area contributed by atoms with E-state index in [9.17, 15) is 9.90 Å². The summed E-state index contributed by atoms with van der Waals surface area (Å²) >= 11 is 0. The molecule has 0 aliphatic heterocycles. The second kappa shape index (κ2) is 4.09. The zero-order valence-electron chi connectivity index (χ0n) is 11.3. The van der Waals surface area contributed by atoms with Crippen molar-refractivity contribution >= 4 is 11.9 Å². The van der Waals surface area contributed by atoms with E-state index in [2.05, 4.69) is 13.8 Å². The third-order valence-corrected chi connectivity index (χ3v) is 4.71. The van der Waals surface area contributed by atoms with Gasteiger partial charge in [-0.1, -0.05) is 44.2 Å². The molecule has 1 N–H and O–H groups in total. The molecule has 2 nitrogen and oxygen atoms in total. The van der Waals surface area contributed by atoms with Crippen molar-refractivity contribution in [3.8, 4) is 5.75 Å². The van der Waals surface area contributed by atoms with Crippen molar-refractivity contribution in [2.75, 3.05) is 0 Å². The lowest BCUT2D eigenvalue weighted by atomic mass is 9.48. The van der Waals surface area contributed by atoms with E-state index in [0.717, 1.165) is 17.6 Å². The van der Waals surface area contributed by atoms with Crippen molar-refractivity contribution in [3.63, 3.8) is 0 Å². The van der Waals surface area contributed by atoms with Crippen molar-refractivity contribution in [1.82, 2.24) is 0 Å². The molecule has 2 bridgehead atoms. The molecule has 2 atom stereocenters. The molecule has 0 heterocycles. The number of carbonyl (C=O) groups is 1. The van der Waals surface area contributed by atoms with Gasteiger partial charge >= 0.3 is 0 Å². The number of allylic oxidation sites excluding steroid dienone is 3. The fraction of sp³-hybridized carbons (Fsp3) is 0.353. The molecule has 0 aromatic heterocycles. The van der Waals surface area contributed by atoms with Crippen molar-refractivity contribution in [2.24, 2.45) is 17.3 Å². The first-order chi connectivity index (χ1) is 9.00. The summed E-state index contributed by atoms with van der Waals surface area (Å²) in [4.78, 5) is 12.0. The third-order valence-electron chi connectivity index (χ3n) is 4.71. The van der Waals surface area contributed by atoms with E-state index >= 15 is 0 Å². The van der Waals surface area contributed by atoms with Crippen LogP contribution < -0.4 is 0 Å². The van der Waals surface area contributed by atoms with Gasteiger partial charge in [0.1, 0.15) is 5.75 Å². The van der Waals surface area contributed by atoms with E-state index in [-0.39, 0.29) is 22.9 Å². The minimum atomic E-state index is 0.0875. The van der Waals surface area contributed by atoms with Gasteiger partial charge < -0.3 is 5.11 Å². The number of hydrogen-bond acceptors (Lipinski definition) is 2. The van der Waals surface area contributed by atoms with Gasteiger partial charge in [-0.2, -0.15) is 0 Å². The van der Waals surface area contributed by atoms with E-state index in [4.69, 9.17) is 0 Å². The number of hydrogen-bond donors (Lipinski definition) is 1. The van der Waals surface area contributed by atoms with Crippen LogP contribution in [0.25, 0.3) is 6.08 Å². The van der Waals surface area contributed by atoms with Crippen LogP contribution in [0.15, 0.2) is 42.0 Å². The van der Waals surface area contributed by atoms with E-state index in [1.165, 1.54) is 0 Å². The standard InChI is InChI=1S/C17H18O2/c1-17(2)13-10-14(17)16(19)9-12(13)8-7-11-5-3-4-6-15(11)18/h3-9,13-14,18H,10H2,1-2H3/b8-7+/t13-,14+/m0/s1. The molecule has 0 amide bonds. The molecule has 3 aliphatic rings. The van der Waals surface area contributed by atoms with E-state index < -0.39 is 0 Å². The largest absolute Gasteiger partial charge is 0.507 e. The lowest BCUT2D eigenvalue weighted by Gasteiger charge is -2.54. The van der Waals surface area contributed by atoms with Gasteiger partial charge in [0.15, 0.2) is 5.78 Å². The maximum atomic E-state index is 12.0. The zero-order valence-corrected chi connectivity index (χ0v) is 11.3. The van der Waals surface area contributed by atoms with Crippen LogP contribution in [0.4, 0.5) is 0 Å². The molecule has 1 aromatic carbocycles. The highest BCUT2D eigenvalue weighted by molar-refractivity contribution is 5.96. The number of ketones is 1. The van der Waals surface area contributed by atoms with Gasteiger partial charge in [-0.25, -0.2) is 0 Å². The van der Waals surface area contributed by atoms with Crippen LogP contribution in [0.5, 0.6) is 5.75 Å². The highest BCUT2D eigenvalue weighted by atomic mass is 16.3. The predicted octanol–water partition coefficient (Wildman–Crippen LogP) is 3.58. The summed E-state index contributed by atoms with van der Waals surface area (Å²) in [6.07, 6.45) is 6.63. The average Bonchev–Trinajstić information content (AvgIpc) is 2.36. The highest BCUT2D eigenvalue weighted by Gasteiger charge is 2.54. The summed E-state index contributed by atoms with van der Waals surface area (Å²) in [5.74, 6) is 1.20. The van der Waals surface area contributed by atoms with Gasteiger partial charge in [0.05, 0.1) is 0 Å². The fourth-order valence-corrected chi connectivity index (χ4v) is 3.32. The Morgan fingerprint density at radius 2 is 1.95 bits per heavy atom. The SMILES string of the molecule is CC1(C)[C@@H]2C[C@H]1C(/C=C/c1ccccc1O)=CC2=O. The number of carbonyl (C=O) groups excluding carboxylic acids is 1. The maximum absolute atomic E-state index is 12.0. The summed E-state index contributed by atoms with van der Waals surface area (Å²) in [7, 11) is 0. The number of fused-ring (bicyclic) bond motifs is 1. The number of benzene rings is 1. The van der Waals surface area contributed by atoms with Crippen LogP contribution in [0, 0.1) is 17.3 Å². The third kappa shape index (κ3) is 1.83. The minimum Gasteiger partial charge on any atom is -0.507 e. The predicted molar refractivity (Wildman–Crippen MR) is 75.6 cm³/mol. The Hall–Kier alpha value is -1.83. The summed E-state index contributed by atoms with van der Waals surface area (Å²) < 4.78 is 0. The Morgan fingerprint density at radius 3 is 2.58 bits per heavy atom. The molecule has 0 unspecified atom stereocenters. The average molecular weight is 254 g/mol. The normalized spacial score (nSPS) is 28.1. The quantitative estimate of drug-likeness (QED) is 0.876. The zero-order chi connectivity index (χ0) is 13.6. The molecule has 0 saturated heterocycles. The van der Waals surface area contributed by atoms with Gasteiger partial charge in [0.2, 0.25) is 0 Å². The molecular weight excluding hydrogens is 236 g/mol. The first-order valence-electron chi connectivity index (χ1n) is 6.71. The van der Waals surface area contributed by atoms with Crippen molar-refractivity contribution in [2.45, 2.75) is 20.3 Å². The molecule has 98 valence electrons. The molecule has 0 radical (unpaired) electrons. The number of rotatable bonds is 2. The lowest BCUT2D eigenvalue weighted by Crippen LogP contribution is -2.52. The van der Waals surface area contributed by atoms with Gasteiger partial charge in [0.25, 0.3) is 0 Å². The number of phenolic OH excluding ortho intramolecular Hbond substituents is 1. The van der Waals surface area contributed by atoms with Crippen LogP contribution in [0.1, 0.15) is 25.8 Å². The Balaban J connectivity index is 1.89. The van der Waals surface area contributed by atoms with Crippen molar-refractivity contribution < 1.29 is 9.90 Å². The molecule has 19 heavy (non-hydrogen) atoms.